The molecule has 7 nitrogen and oxygen atoms in total. The molecule has 158 valence electrons. The van der Waals surface area contributed by atoms with Gasteiger partial charge in [-0.1, -0.05) is 0 Å². The summed E-state index contributed by atoms with van der Waals surface area (Å²) in [6, 6.07) is 15.3. The van der Waals surface area contributed by atoms with Crippen LogP contribution in [0.5, 0.6) is 5.75 Å². The molecular weight excluding hydrogens is 392 g/mol. The highest BCUT2D eigenvalue weighted by Crippen LogP contribution is 2.38. The van der Waals surface area contributed by atoms with Crippen molar-refractivity contribution in [3.63, 3.8) is 0 Å². The Hall–Kier alpha value is -3.63. The van der Waals surface area contributed by atoms with Gasteiger partial charge in [0.25, 0.3) is 5.91 Å². The molecule has 0 radical (unpaired) electrons. The molecule has 0 unspecified atom stereocenters. The van der Waals surface area contributed by atoms with Crippen LogP contribution < -0.4 is 10.1 Å². The van der Waals surface area contributed by atoms with Crippen LogP contribution in [0.2, 0.25) is 0 Å². The number of anilines is 1. The maximum Gasteiger partial charge on any atom is 0.257 e. The van der Waals surface area contributed by atoms with E-state index in [1.807, 2.05) is 35.0 Å². The molecule has 0 atom stereocenters. The van der Waals surface area contributed by atoms with Crippen LogP contribution in [0.4, 0.5) is 5.69 Å². The zero-order valence-electron chi connectivity index (χ0n) is 17.3. The van der Waals surface area contributed by atoms with Gasteiger partial charge in [0.05, 0.1) is 47.8 Å². The average Bonchev–Trinajstić information content (AvgIpc) is 3.31. The van der Waals surface area contributed by atoms with Crippen molar-refractivity contribution in [3.8, 4) is 17.5 Å². The smallest absolute Gasteiger partial charge is 0.257 e. The van der Waals surface area contributed by atoms with Gasteiger partial charge in [-0.05, 0) is 68.1 Å². The van der Waals surface area contributed by atoms with Gasteiger partial charge < -0.3 is 19.7 Å². The number of aliphatic hydroxyl groups is 1. The van der Waals surface area contributed by atoms with Crippen LogP contribution in [0.15, 0.2) is 61.1 Å². The summed E-state index contributed by atoms with van der Waals surface area (Å²) in [5.74, 6) is 0.532. The number of nitriles is 1. The van der Waals surface area contributed by atoms with Crippen LogP contribution in [-0.4, -0.2) is 33.8 Å². The maximum absolute atomic E-state index is 12.6. The summed E-state index contributed by atoms with van der Waals surface area (Å²) in [4.78, 5) is 17.1. The summed E-state index contributed by atoms with van der Waals surface area (Å²) < 4.78 is 7.04. The number of rotatable bonds is 5. The molecule has 4 rings (SSSR count). The number of amides is 1. The van der Waals surface area contributed by atoms with Gasteiger partial charge >= 0.3 is 0 Å². The van der Waals surface area contributed by atoms with Gasteiger partial charge in [-0.3, -0.25) is 9.78 Å². The predicted octanol–water partition coefficient (Wildman–Crippen LogP) is 3.83. The summed E-state index contributed by atoms with van der Waals surface area (Å²) in [5, 5.41) is 22.3. The molecule has 1 saturated carbocycles. The Kier molecular flexibility index (Phi) is 5.74. The largest absolute Gasteiger partial charge is 0.497 e. The molecule has 7 heteroatoms. The Bertz CT molecular complexity index is 1090. The third kappa shape index (κ3) is 4.30. The van der Waals surface area contributed by atoms with Crippen LogP contribution in [0.1, 0.15) is 41.7 Å². The molecule has 3 aromatic rings. The van der Waals surface area contributed by atoms with E-state index in [1.54, 1.807) is 37.7 Å². The summed E-state index contributed by atoms with van der Waals surface area (Å²) in [7, 11) is 1.62. The number of methoxy groups -OCH3 is 1. The van der Waals surface area contributed by atoms with Gasteiger partial charge in [0.15, 0.2) is 0 Å². The Labute approximate surface area is 180 Å². The second-order valence-electron chi connectivity index (χ2n) is 7.82. The minimum atomic E-state index is -0.669. The first kappa shape index (κ1) is 20.6. The van der Waals surface area contributed by atoms with Crippen molar-refractivity contribution in [2.75, 3.05) is 12.4 Å². The Morgan fingerprint density at radius 3 is 2.58 bits per heavy atom. The fourth-order valence-electron chi connectivity index (χ4n) is 3.92. The summed E-state index contributed by atoms with van der Waals surface area (Å²) in [5.41, 5.74) is 2.03. The lowest BCUT2D eigenvalue weighted by molar-refractivity contribution is 0.102. The predicted molar refractivity (Wildman–Crippen MR) is 116 cm³/mol. The number of nitrogens with one attached hydrogen (secondary N) is 1. The van der Waals surface area contributed by atoms with E-state index < -0.39 is 5.41 Å². The number of aliphatic hydroxyl groups excluding tert-OH is 1. The number of carbonyl (C=O) groups excluding carboxylic acids is 1. The Morgan fingerprint density at radius 2 is 1.97 bits per heavy atom. The number of ether oxygens (including phenoxy) is 1. The third-order valence-electron chi connectivity index (χ3n) is 5.86. The SMILES string of the molecule is COc1ccc(-n2ccc(C(=O)Nc3ccc(C4(C#N)CCC(O)CC4)nc3)c2)cc1. The highest BCUT2D eigenvalue weighted by atomic mass is 16.5. The highest BCUT2D eigenvalue weighted by molar-refractivity contribution is 6.04. The molecule has 0 spiro atoms. The molecule has 2 aromatic heterocycles. The molecule has 1 aromatic carbocycles. The van der Waals surface area contributed by atoms with Crippen molar-refractivity contribution < 1.29 is 14.6 Å². The van der Waals surface area contributed by atoms with E-state index >= 15 is 0 Å². The quantitative estimate of drug-likeness (QED) is 0.658. The Balaban J connectivity index is 1.44. The van der Waals surface area contributed by atoms with E-state index in [0.717, 1.165) is 11.4 Å². The molecule has 1 aliphatic rings. The van der Waals surface area contributed by atoms with Gasteiger partial charge in [0.1, 0.15) is 5.75 Å². The fourth-order valence-corrected chi connectivity index (χ4v) is 3.92. The minimum absolute atomic E-state index is 0.238. The second kappa shape index (κ2) is 8.62. The van der Waals surface area contributed by atoms with Crippen LogP contribution in [0.25, 0.3) is 5.69 Å². The fraction of sp³-hybridized carbons (Fsp3) is 0.292. The van der Waals surface area contributed by atoms with Gasteiger partial charge in [0, 0.05) is 18.1 Å². The number of pyridine rings is 1. The molecule has 2 heterocycles. The second-order valence-corrected chi connectivity index (χ2v) is 7.82. The lowest BCUT2D eigenvalue weighted by Crippen LogP contribution is -2.33. The Morgan fingerprint density at radius 1 is 1.23 bits per heavy atom. The van der Waals surface area contributed by atoms with E-state index in [0.29, 0.717) is 42.6 Å². The van der Waals surface area contributed by atoms with Crippen molar-refractivity contribution in [2.24, 2.45) is 0 Å². The zero-order valence-corrected chi connectivity index (χ0v) is 17.3. The van der Waals surface area contributed by atoms with Gasteiger partial charge in [0.2, 0.25) is 0 Å². The van der Waals surface area contributed by atoms with E-state index in [-0.39, 0.29) is 12.0 Å². The highest BCUT2D eigenvalue weighted by Gasteiger charge is 2.37. The minimum Gasteiger partial charge on any atom is -0.497 e. The number of hydrogen-bond acceptors (Lipinski definition) is 5. The third-order valence-corrected chi connectivity index (χ3v) is 5.86. The van der Waals surface area contributed by atoms with E-state index in [9.17, 15) is 15.2 Å². The molecule has 1 amide bonds. The lowest BCUT2D eigenvalue weighted by Gasteiger charge is -2.32. The van der Waals surface area contributed by atoms with Crippen molar-refractivity contribution in [3.05, 3.63) is 72.3 Å². The monoisotopic (exact) mass is 416 g/mol. The molecule has 1 fully saturated rings. The first-order valence-electron chi connectivity index (χ1n) is 10.2. The van der Waals surface area contributed by atoms with Crippen molar-refractivity contribution in [2.45, 2.75) is 37.2 Å². The molecule has 0 bridgehead atoms. The van der Waals surface area contributed by atoms with E-state index in [1.165, 1.54) is 0 Å². The first-order chi connectivity index (χ1) is 15.0. The van der Waals surface area contributed by atoms with Crippen molar-refractivity contribution in [1.29, 1.82) is 5.26 Å². The normalized spacial score (nSPS) is 20.6. The van der Waals surface area contributed by atoms with Crippen LogP contribution in [0.3, 0.4) is 0 Å². The van der Waals surface area contributed by atoms with Crippen LogP contribution in [0, 0.1) is 11.3 Å². The molecule has 1 aliphatic carbocycles. The van der Waals surface area contributed by atoms with Crippen LogP contribution >= 0.6 is 0 Å². The van der Waals surface area contributed by atoms with E-state index in [2.05, 4.69) is 16.4 Å². The number of nitrogens with zero attached hydrogens (tertiary/aromatic N) is 3. The molecule has 31 heavy (non-hydrogen) atoms. The summed E-state index contributed by atoms with van der Waals surface area (Å²) >= 11 is 0. The number of benzene rings is 1. The average molecular weight is 416 g/mol. The van der Waals surface area contributed by atoms with Crippen molar-refractivity contribution >= 4 is 11.6 Å². The van der Waals surface area contributed by atoms with Gasteiger partial charge in [-0.25, -0.2) is 0 Å². The van der Waals surface area contributed by atoms with Gasteiger partial charge in [-0.2, -0.15) is 5.26 Å². The molecule has 0 saturated heterocycles. The topological polar surface area (TPSA) is 100 Å². The first-order valence-corrected chi connectivity index (χ1v) is 10.2. The number of aromatic nitrogens is 2. The van der Waals surface area contributed by atoms with Crippen molar-refractivity contribution in [1.82, 2.24) is 9.55 Å². The van der Waals surface area contributed by atoms with E-state index in [4.69, 9.17) is 4.74 Å². The lowest BCUT2D eigenvalue weighted by atomic mass is 9.72. The maximum atomic E-state index is 12.6. The summed E-state index contributed by atoms with van der Waals surface area (Å²) in [6.07, 6.45) is 7.19. The number of hydrogen-bond donors (Lipinski definition) is 2. The van der Waals surface area contributed by atoms with Gasteiger partial charge in [-0.15, -0.1) is 0 Å². The summed E-state index contributed by atoms with van der Waals surface area (Å²) in [6.45, 7) is 0. The standard InChI is InChI=1S/C24H24N4O3/c1-31-21-5-3-19(4-6-21)28-13-10-17(15-28)23(30)27-18-2-7-22(26-14-18)24(16-25)11-8-20(29)9-12-24/h2-7,10,13-15,20,29H,8-9,11-12H2,1H3,(H,27,30). The molecule has 0 aliphatic heterocycles. The molecule has 2 N–H and O–H groups in total. The van der Waals surface area contributed by atoms with Crippen LogP contribution in [-0.2, 0) is 5.41 Å². The molecular formula is C24H24N4O3. The number of carbonyl (C=O) groups is 1. The zero-order chi connectivity index (χ0) is 21.8.